The number of anilines is 1. The maximum Gasteiger partial charge on any atom is 0.232 e. The number of halogens is 3. The number of aryl methyl sites for hydroxylation is 1. The van der Waals surface area contributed by atoms with Gasteiger partial charge >= 0.3 is 0 Å². The van der Waals surface area contributed by atoms with Crippen molar-refractivity contribution < 1.29 is 26.4 Å². The van der Waals surface area contributed by atoms with E-state index in [2.05, 4.69) is 14.7 Å². The number of pyridine rings is 1. The van der Waals surface area contributed by atoms with E-state index in [-0.39, 0.29) is 17.1 Å². The van der Waals surface area contributed by atoms with Gasteiger partial charge in [0.1, 0.15) is 17.3 Å². The number of benzene rings is 2. The minimum atomic E-state index is -3.86. The van der Waals surface area contributed by atoms with E-state index in [1.165, 1.54) is 18.5 Å². The van der Waals surface area contributed by atoms with Crippen molar-refractivity contribution >= 4 is 32.5 Å². The number of H-pyrrole nitrogens is 1. The Bertz CT molecular complexity index is 1530. The van der Waals surface area contributed by atoms with Gasteiger partial charge in [-0.2, -0.15) is 0 Å². The highest BCUT2D eigenvalue weighted by atomic mass is 32.2. The minimum absolute atomic E-state index is 0.0467. The number of carbonyl (C=O) groups is 1. The fourth-order valence-corrected chi connectivity index (χ4v) is 4.77. The molecule has 0 fully saturated rings. The molecule has 0 aliphatic heterocycles. The summed E-state index contributed by atoms with van der Waals surface area (Å²) in [4.78, 5) is 20.3. The number of nitrogens with one attached hydrogen (secondary N) is 2. The number of carbonyl (C=O) groups excluding carboxylic acids is 1. The van der Waals surface area contributed by atoms with Crippen molar-refractivity contribution in [3.05, 3.63) is 82.9 Å². The Kier molecular flexibility index (Phi) is 6.18. The first-order chi connectivity index (χ1) is 16.1. The Morgan fingerprint density at radius 1 is 1.06 bits per heavy atom. The van der Waals surface area contributed by atoms with Crippen LogP contribution in [0.2, 0.25) is 0 Å². The molecule has 0 atom stereocenters. The molecule has 10 heteroatoms. The summed E-state index contributed by atoms with van der Waals surface area (Å²) in [6.07, 6.45) is 3.11. The second kappa shape index (κ2) is 8.94. The van der Waals surface area contributed by atoms with Gasteiger partial charge in [0.25, 0.3) is 0 Å². The molecule has 0 unspecified atom stereocenters. The monoisotopic (exact) mass is 487 g/mol. The van der Waals surface area contributed by atoms with Crippen LogP contribution in [0, 0.1) is 24.4 Å². The molecule has 0 spiro atoms. The van der Waals surface area contributed by atoms with Crippen molar-refractivity contribution in [1.82, 2.24) is 9.97 Å². The number of aromatic amines is 1. The summed E-state index contributed by atoms with van der Waals surface area (Å²) in [5.74, 6) is -4.04. The molecule has 2 heterocycles. The molecule has 0 saturated carbocycles. The number of rotatable bonds is 7. The second-order valence-electron chi connectivity index (χ2n) is 7.82. The number of hydrogen-bond acceptors (Lipinski definition) is 4. The van der Waals surface area contributed by atoms with Gasteiger partial charge in [-0.3, -0.25) is 9.52 Å². The maximum absolute atomic E-state index is 15.1. The average Bonchev–Trinajstić information content (AvgIpc) is 3.21. The van der Waals surface area contributed by atoms with Crippen molar-refractivity contribution in [3.63, 3.8) is 0 Å². The quantitative estimate of drug-likeness (QED) is 0.344. The molecule has 2 aromatic heterocycles. The Morgan fingerprint density at radius 3 is 2.50 bits per heavy atom. The van der Waals surface area contributed by atoms with Crippen LogP contribution in [0.25, 0.3) is 22.2 Å². The van der Waals surface area contributed by atoms with Gasteiger partial charge in [-0.1, -0.05) is 13.0 Å². The molecule has 0 saturated heterocycles. The van der Waals surface area contributed by atoms with Crippen LogP contribution in [0.3, 0.4) is 0 Å². The lowest BCUT2D eigenvalue weighted by Crippen LogP contribution is -2.18. The van der Waals surface area contributed by atoms with Crippen LogP contribution >= 0.6 is 0 Å². The van der Waals surface area contributed by atoms with Gasteiger partial charge in [0.2, 0.25) is 15.8 Å². The summed E-state index contributed by atoms with van der Waals surface area (Å²) >= 11 is 0. The number of hydrogen-bond donors (Lipinski definition) is 2. The lowest BCUT2D eigenvalue weighted by molar-refractivity contribution is 0.103. The second-order valence-corrected chi connectivity index (χ2v) is 9.66. The van der Waals surface area contributed by atoms with E-state index < -0.39 is 38.7 Å². The fraction of sp³-hybridized carbons (Fsp3) is 0.167. The number of aromatic nitrogens is 2. The summed E-state index contributed by atoms with van der Waals surface area (Å²) in [6, 6.07) is 7.87. The molecule has 0 radical (unpaired) electrons. The molecule has 34 heavy (non-hydrogen) atoms. The first-order valence-electron chi connectivity index (χ1n) is 10.4. The van der Waals surface area contributed by atoms with Gasteiger partial charge < -0.3 is 4.98 Å². The molecule has 2 N–H and O–H groups in total. The molecule has 0 aliphatic carbocycles. The first-order valence-corrected chi connectivity index (χ1v) is 12.0. The molecular formula is C24H20F3N3O3S. The Balaban J connectivity index is 1.79. The molecule has 4 rings (SSSR count). The predicted octanol–water partition coefficient (Wildman–Crippen LogP) is 5.34. The van der Waals surface area contributed by atoms with Crippen molar-refractivity contribution in [2.24, 2.45) is 0 Å². The summed E-state index contributed by atoms with van der Waals surface area (Å²) in [6.45, 7) is 3.26. The van der Waals surface area contributed by atoms with Crippen LogP contribution in [-0.4, -0.2) is 29.9 Å². The van der Waals surface area contributed by atoms with E-state index in [9.17, 15) is 22.0 Å². The van der Waals surface area contributed by atoms with E-state index in [0.717, 1.165) is 12.1 Å². The lowest BCUT2D eigenvalue weighted by Gasteiger charge is -2.11. The van der Waals surface area contributed by atoms with E-state index in [1.807, 2.05) is 0 Å². The van der Waals surface area contributed by atoms with E-state index >= 15 is 4.39 Å². The molecule has 4 aromatic rings. The highest BCUT2D eigenvalue weighted by molar-refractivity contribution is 7.92. The van der Waals surface area contributed by atoms with Gasteiger partial charge in [0.05, 0.1) is 17.0 Å². The van der Waals surface area contributed by atoms with Crippen molar-refractivity contribution in [2.75, 3.05) is 10.5 Å². The molecule has 6 nitrogen and oxygen atoms in total. The standard InChI is InChI=1S/C24H20F3N3O3S/c1-3-8-34(32,33)30-20-7-6-19(26)21(22(20)27)23(31)17-12-29-24-16(17)10-15(11-28-24)14-4-5-18(25)13(2)9-14/h4-7,9-12,30H,3,8H2,1-2H3,(H,28,29). The Hall–Kier alpha value is -3.66. The van der Waals surface area contributed by atoms with Crippen molar-refractivity contribution in [3.8, 4) is 11.1 Å². The summed E-state index contributed by atoms with van der Waals surface area (Å²) in [7, 11) is -3.86. The SMILES string of the molecule is CCCS(=O)(=O)Nc1ccc(F)c(C(=O)c2c[nH]c3ncc(-c4ccc(F)c(C)c4)cc23)c1F. The smallest absolute Gasteiger partial charge is 0.232 e. The molecule has 0 aliphatic rings. The zero-order chi connectivity index (χ0) is 24.6. The number of ketones is 1. The maximum atomic E-state index is 15.1. The summed E-state index contributed by atoms with van der Waals surface area (Å²) in [5.41, 5.74) is 0.513. The molecule has 176 valence electrons. The number of nitrogens with zero attached hydrogens (tertiary/aromatic N) is 1. The summed E-state index contributed by atoms with van der Waals surface area (Å²) < 4.78 is 69.5. The zero-order valence-electron chi connectivity index (χ0n) is 18.2. The molecular weight excluding hydrogens is 467 g/mol. The van der Waals surface area contributed by atoms with E-state index in [4.69, 9.17) is 0 Å². The largest absolute Gasteiger partial charge is 0.345 e. The van der Waals surface area contributed by atoms with Crippen LogP contribution in [-0.2, 0) is 10.0 Å². The van der Waals surface area contributed by atoms with Crippen LogP contribution in [0.15, 0.2) is 48.8 Å². The summed E-state index contributed by atoms with van der Waals surface area (Å²) in [5, 5.41) is 0.306. The molecule has 0 amide bonds. The van der Waals surface area contributed by atoms with E-state index in [0.29, 0.717) is 34.1 Å². The van der Waals surface area contributed by atoms with Gasteiger partial charge in [-0.15, -0.1) is 0 Å². The Morgan fingerprint density at radius 2 is 1.79 bits per heavy atom. The number of sulfonamides is 1. The first kappa shape index (κ1) is 23.5. The van der Waals surface area contributed by atoms with Crippen LogP contribution in [0.5, 0.6) is 0 Å². The van der Waals surface area contributed by atoms with Crippen LogP contribution in [0.1, 0.15) is 34.8 Å². The van der Waals surface area contributed by atoms with Crippen LogP contribution in [0.4, 0.5) is 18.9 Å². The normalized spacial score (nSPS) is 11.7. The van der Waals surface area contributed by atoms with Gasteiger partial charge in [0.15, 0.2) is 5.82 Å². The number of fused-ring (bicyclic) bond motifs is 1. The topological polar surface area (TPSA) is 91.9 Å². The molecule has 2 aromatic carbocycles. The van der Waals surface area contributed by atoms with Crippen molar-refractivity contribution in [2.45, 2.75) is 20.3 Å². The third-order valence-electron chi connectivity index (χ3n) is 5.32. The fourth-order valence-electron chi connectivity index (χ4n) is 3.63. The third-order valence-corrected chi connectivity index (χ3v) is 6.80. The molecule has 0 bridgehead atoms. The third kappa shape index (κ3) is 4.41. The zero-order valence-corrected chi connectivity index (χ0v) is 19.1. The van der Waals surface area contributed by atoms with Crippen LogP contribution < -0.4 is 4.72 Å². The minimum Gasteiger partial charge on any atom is -0.345 e. The highest BCUT2D eigenvalue weighted by Crippen LogP contribution is 2.30. The lowest BCUT2D eigenvalue weighted by atomic mass is 9.99. The van der Waals surface area contributed by atoms with Gasteiger partial charge in [-0.25, -0.2) is 26.6 Å². The van der Waals surface area contributed by atoms with Gasteiger partial charge in [0, 0.05) is 28.9 Å². The predicted molar refractivity (Wildman–Crippen MR) is 124 cm³/mol. The van der Waals surface area contributed by atoms with E-state index in [1.54, 1.807) is 32.0 Å². The Labute approximate surface area is 193 Å². The highest BCUT2D eigenvalue weighted by Gasteiger charge is 2.26. The van der Waals surface area contributed by atoms with Crippen molar-refractivity contribution in [1.29, 1.82) is 0 Å². The van der Waals surface area contributed by atoms with Gasteiger partial charge in [-0.05, 0) is 54.8 Å². The average molecular weight is 488 g/mol.